The molecule has 0 bridgehead atoms. The van der Waals surface area contributed by atoms with Crippen LogP contribution in [0.25, 0.3) is 5.69 Å². The number of hydrogen-bond acceptors (Lipinski definition) is 3. The van der Waals surface area contributed by atoms with E-state index in [2.05, 4.69) is 5.10 Å². The van der Waals surface area contributed by atoms with Crippen LogP contribution in [0.4, 0.5) is 8.78 Å². The summed E-state index contributed by atoms with van der Waals surface area (Å²) >= 11 is 0. The maximum absolute atomic E-state index is 13.2. The third-order valence-electron chi connectivity index (χ3n) is 2.92. The summed E-state index contributed by atoms with van der Waals surface area (Å²) in [5.41, 5.74) is 6.08. The number of benzene rings is 1. The van der Waals surface area contributed by atoms with Gasteiger partial charge in [0.2, 0.25) is 0 Å². The Morgan fingerprint density at radius 1 is 1.48 bits per heavy atom. The molecular formula is C13H15ClF2N4O. The maximum atomic E-state index is 13.2. The molecular weight excluding hydrogens is 302 g/mol. The minimum absolute atomic E-state index is 0. The largest absolute Gasteiger partial charge is 0.350 e. The Labute approximate surface area is 126 Å². The number of aryl methyl sites for hydroxylation is 1. The Hall–Kier alpha value is -1.99. The third-order valence-corrected chi connectivity index (χ3v) is 2.92. The van der Waals surface area contributed by atoms with E-state index in [0.29, 0.717) is 17.6 Å². The second kappa shape index (κ2) is 7.14. The van der Waals surface area contributed by atoms with Crippen LogP contribution in [0.3, 0.4) is 0 Å². The molecule has 1 aromatic heterocycles. The van der Waals surface area contributed by atoms with Crippen LogP contribution in [0.1, 0.15) is 5.56 Å². The van der Waals surface area contributed by atoms with Crippen molar-refractivity contribution in [1.29, 1.82) is 0 Å². The second-order valence-electron chi connectivity index (χ2n) is 4.35. The lowest BCUT2D eigenvalue weighted by Crippen LogP contribution is -2.26. The summed E-state index contributed by atoms with van der Waals surface area (Å²) in [6.45, 7) is 1.59. The Balaban J connectivity index is 0.00000220. The van der Waals surface area contributed by atoms with Gasteiger partial charge < -0.3 is 5.73 Å². The number of aromatic nitrogens is 3. The van der Waals surface area contributed by atoms with Crippen molar-refractivity contribution in [2.75, 3.05) is 6.54 Å². The predicted octanol–water partition coefficient (Wildman–Crippen LogP) is 1.72. The minimum Gasteiger partial charge on any atom is -0.327 e. The quantitative estimate of drug-likeness (QED) is 0.934. The molecule has 2 rings (SSSR count). The van der Waals surface area contributed by atoms with Gasteiger partial charge in [0.15, 0.2) is 0 Å². The highest BCUT2D eigenvalue weighted by Crippen LogP contribution is 2.11. The molecule has 0 atom stereocenters. The summed E-state index contributed by atoms with van der Waals surface area (Å²) in [7, 11) is 0. The number of rotatable bonds is 4. The molecule has 21 heavy (non-hydrogen) atoms. The zero-order chi connectivity index (χ0) is 14.7. The maximum Gasteiger partial charge on any atom is 0.350 e. The Morgan fingerprint density at radius 3 is 2.76 bits per heavy atom. The molecule has 2 N–H and O–H groups in total. The van der Waals surface area contributed by atoms with Crippen LogP contribution in [0.5, 0.6) is 0 Å². The standard InChI is InChI=1S/C13H14F2N4O.ClH/c1-9-4-11(2-3-12(9)15)18-8-17-19(13(18)20)7-10(5-14)6-16;/h2-5,8H,6-7,16H2,1H3;1H/b10-5+;. The zero-order valence-electron chi connectivity index (χ0n) is 11.3. The molecule has 0 unspecified atom stereocenters. The van der Waals surface area contributed by atoms with Crippen LogP contribution < -0.4 is 11.4 Å². The molecule has 0 saturated carbocycles. The monoisotopic (exact) mass is 316 g/mol. The van der Waals surface area contributed by atoms with E-state index in [-0.39, 0.29) is 36.9 Å². The van der Waals surface area contributed by atoms with Gasteiger partial charge in [0.1, 0.15) is 12.1 Å². The van der Waals surface area contributed by atoms with Crippen molar-refractivity contribution in [1.82, 2.24) is 14.3 Å². The predicted molar refractivity (Wildman–Crippen MR) is 78.0 cm³/mol. The van der Waals surface area contributed by atoms with E-state index >= 15 is 0 Å². The van der Waals surface area contributed by atoms with Gasteiger partial charge in [0.05, 0.1) is 18.6 Å². The summed E-state index contributed by atoms with van der Waals surface area (Å²) in [6.07, 6.45) is 1.68. The molecule has 0 radical (unpaired) electrons. The van der Waals surface area contributed by atoms with Gasteiger partial charge in [-0.2, -0.15) is 5.10 Å². The summed E-state index contributed by atoms with van der Waals surface area (Å²) in [5, 5.41) is 3.89. The van der Waals surface area contributed by atoms with Crippen LogP contribution in [0, 0.1) is 12.7 Å². The van der Waals surface area contributed by atoms with E-state index in [1.165, 1.54) is 29.1 Å². The fraction of sp³-hybridized carbons (Fsp3) is 0.231. The molecule has 5 nitrogen and oxygen atoms in total. The average molecular weight is 317 g/mol. The first-order valence-electron chi connectivity index (χ1n) is 5.96. The smallest absolute Gasteiger partial charge is 0.327 e. The Kier molecular flexibility index (Phi) is 5.80. The summed E-state index contributed by atoms with van der Waals surface area (Å²) < 4.78 is 28.0. The van der Waals surface area contributed by atoms with Crippen molar-refractivity contribution >= 4 is 12.4 Å². The molecule has 0 aliphatic carbocycles. The van der Waals surface area contributed by atoms with Gasteiger partial charge in [0.25, 0.3) is 0 Å². The molecule has 0 aliphatic rings. The molecule has 1 heterocycles. The Morgan fingerprint density at radius 2 is 2.19 bits per heavy atom. The van der Waals surface area contributed by atoms with E-state index in [1.54, 1.807) is 6.92 Å². The molecule has 0 fully saturated rings. The van der Waals surface area contributed by atoms with Crippen LogP contribution >= 0.6 is 12.4 Å². The topological polar surface area (TPSA) is 65.8 Å². The van der Waals surface area contributed by atoms with Crippen LogP contribution in [-0.4, -0.2) is 20.9 Å². The fourth-order valence-electron chi connectivity index (χ4n) is 1.74. The van der Waals surface area contributed by atoms with Gasteiger partial charge in [-0.15, -0.1) is 12.4 Å². The molecule has 1 aromatic carbocycles. The first-order chi connectivity index (χ1) is 9.56. The molecule has 0 spiro atoms. The molecule has 114 valence electrons. The molecule has 0 amide bonds. The van der Waals surface area contributed by atoms with Crippen molar-refractivity contribution in [3.05, 3.63) is 58.3 Å². The number of nitrogens with two attached hydrogens (primary N) is 1. The molecule has 0 aliphatic heterocycles. The van der Waals surface area contributed by atoms with Crippen LogP contribution in [0.15, 0.2) is 41.2 Å². The van der Waals surface area contributed by atoms with Gasteiger partial charge in [-0.3, -0.25) is 0 Å². The van der Waals surface area contributed by atoms with Gasteiger partial charge >= 0.3 is 5.69 Å². The molecule has 2 aromatic rings. The summed E-state index contributed by atoms with van der Waals surface area (Å²) in [5.74, 6) is -0.347. The number of hydrogen-bond donors (Lipinski definition) is 1. The van der Waals surface area contributed by atoms with Gasteiger partial charge in [-0.25, -0.2) is 22.8 Å². The van der Waals surface area contributed by atoms with Crippen LogP contribution in [0.2, 0.25) is 0 Å². The minimum atomic E-state index is -0.441. The first kappa shape index (κ1) is 17.1. The van der Waals surface area contributed by atoms with Crippen molar-refractivity contribution in [2.24, 2.45) is 5.73 Å². The number of nitrogens with zero attached hydrogens (tertiary/aromatic N) is 3. The lowest BCUT2D eigenvalue weighted by molar-refractivity contribution is 0.611. The highest BCUT2D eigenvalue weighted by Gasteiger charge is 2.09. The SMILES string of the molecule is Cc1cc(-n2cnn(C/C(=C/F)CN)c2=O)ccc1F.Cl. The average Bonchev–Trinajstić information content (AvgIpc) is 2.80. The lowest BCUT2D eigenvalue weighted by atomic mass is 10.2. The number of halogens is 3. The summed E-state index contributed by atoms with van der Waals surface area (Å²) in [4.78, 5) is 12.1. The lowest BCUT2D eigenvalue weighted by Gasteiger charge is -2.03. The molecule has 0 saturated heterocycles. The van der Waals surface area contributed by atoms with Crippen molar-refractivity contribution in [2.45, 2.75) is 13.5 Å². The van der Waals surface area contributed by atoms with Gasteiger partial charge in [-0.05, 0) is 36.3 Å². The first-order valence-corrected chi connectivity index (χ1v) is 5.96. The van der Waals surface area contributed by atoms with Crippen molar-refractivity contribution < 1.29 is 8.78 Å². The second-order valence-corrected chi connectivity index (χ2v) is 4.35. The zero-order valence-corrected chi connectivity index (χ0v) is 12.1. The van der Waals surface area contributed by atoms with Crippen LogP contribution in [-0.2, 0) is 6.54 Å². The van der Waals surface area contributed by atoms with Gasteiger partial charge in [0, 0.05) is 6.54 Å². The third kappa shape index (κ3) is 3.56. The van der Waals surface area contributed by atoms with E-state index in [1.807, 2.05) is 0 Å². The normalized spacial score (nSPS) is 11.3. The van der Waals surface area contributed by atoms with Gasteiger partial charge in [-0.1, -0.05) is 0 Å². The highest BCUT2D eigenvalue weighted by molar-refractivity contribution is 5.85. The van der Waals surface area contributed by atoms with Crippen molar-refractivity contribution in [3.8, 4) is 5.69 Å². The Bertz CT molecular complexity index is 708. The summed E-state index contributed by atoms with van der Waals surface area (Å²) in [6, 6.07) is 4.30. The van der Waals surface area contributed by atoms with Crippen molar-refractivity contribution in [3.63, 3.8) is 0 Å². The van der Waals surface area contributed by atoms with E-state index in [0.717, 1.165) is 4.68 Å². The molecule has 8 heteroatoms. The fourth-order valence-corrected chi connectivity index (χ4v) is 1.74. The highest BCUT2D eigenvalue weighted by atomic mass is 35.5. The van der Waals surface area contributed by atoms with E-state index in [4.69, 9.17) is 5.73 Å². The van der Waals surface area contributed by atoms with E-state index < -0.39 is 5.69 Å². The van der Waals surface area contributed by atoms with E-state index in [9.17, 15) is 13.6 Å².